The summed E-state index contributed by atoms with van der Waals surface area (Å²) in [6, 6.07) is 17.3. The van der Waals surface area contributed by atoms with E-state index in [0.717, 1.165) is 86.1 Å². The Balaban J connectivity index is 0.701. The molecule has 5 aromatic rings. The molecule has 354 valence electrons. The molecule has 10 rings (SSSR count). The minimum absolute atomic E-state index is 0.00972. The van der Waals surface area contributed by atoms with E-state index < -0.39 is 58.8 Å². The number of aromatic nitrogens is 5. The van der Waals surface area contributed by atoms with Gasteiger partial charge in [-0.3, -0.25) is 49.1 Å². The Kier molecular flexibility index (Phi) is 11.3. The largest absolute Gasteiger partial charge is 0.401 e. The van der Waals surface area contributed by atoms with Crippen molar-refractivity contribution in [2.75, 3.05) is 31.1 Å². The minimum Gasteiger partial charge on any atom is -0.369 e. The van der Waals surface area contributed by atoms with E-state index in [0.29, 0.717) is 31.2 Å². The third-order valence-electron chi connectivity index (χ3n) is 14.4. The zero-order valence-electron chi connectivity index (χ0n) is 37.6. The van der Waals surface area contributed by atoms with E-state index in [1.807, 2.05) is 24.0 Å². The van der Waals surface area contributed by atoms with Crippen molar-refractivity contribution in [2.45, 2.75) is 102 Å². The number of likely N-dealkylation sites (tertiary alicyclic amines) is 2. The number of amides is 5. The van der Waals surface area contributed by atoms with Gasteiger partial charge in [0.25, 0.3) is 17.7 Å². The van der Waals surface area contributed by atoms with Gasteiger partial charge < -0.3 is 10.2 Å². The van der Waals surface area contributed by atoms with Crippen LogP contribution in [-0.2, 0) is 28.1 Å². The fourth-order valence-electron chi connectivity index (χ4n) is 10.3. The van der Waals surface area contributed by atoms with Crippen LogP contribution in [0.4, 0.5) is 23.2 Å². The van der Waals surface area contributed by atoms with Gasteiger partial charge in [-0.1, -0.05) is 30.3 Å². The van der Waals surface area contributed by atoms with Crippen molar-refractivity contribution < 1.29 is 41.5 Å². The van der Waals surface area contributed by atoms with Crippen molar-refractivity contribution in [2.24, 2.45) is 0 Å². The highest BCUT2D eigenvalue weighted by atomic mass is 19.4. The minimum atomic E-state index is -4.54. The van der Waals surface area contributed by atoms with Crippen LogP contribution in [0.1, 0.15) is 99.8 Å². The van der Waals surface area contributed by atoms with Crippen LogP contribution in [0.3, 0.4) is 0 Å². The molecular formula is C48H49F4N11O5. The Bertz CT molecular complexity index is 2850. The summed E-state index contributed by atoms with van der Waals surface area (Å²) in [5.41, 5.74) is 3.35. The molecule has 68 heavy (non-hydrogen) atoms. The number of hydrogen-bond donors (Lipinski definition) is 3. The molecule has 2 aromatic heterocycles. The fourth-order valence-corrected chi connectivity index (χ4v) is 10.3. The van der Waals surface area contributed by atoms with Crippen molar-refractivity contribution in [3.63, 3.8) is 0 Å². The standard InChI is InChI=1S/C48H49F4N11O5/c1-26-16-29(8-9-37(26)62-23-30(20-54-62)42(65)53-21-40-55-46(58-57-40)47(2,3)48(50,51)52)28-6-4-27(5-7-28)22-60-24-33-17-32(60)25-61(33)31-12-14-59(15-13-31)39-19-35-34(18-36(39)49)44(67)63(45(35)68)38-10-11-41(64)56-43(38)66/h4-9,16,18-20,23,31-33,38H,10-15,17,21-22,24-25H2,1-3H3,(H,53,65)(H,55,57,58)(H,56,64,66)/t32-,33-,38?/m1/s1. The van der Waals surface area contributed by atoms with Gasteiger partial charge in [-0.25, -0.2) is 14.1 Å². The summed E-state index contributed by atoms with van der Waals surface area (Å²) in [6.45, 7) is 7.80. The lowest BCUT2D eigenvalue weighted by atomic mass is 9.92. The summed E-state index contributed by atoms with van der Waals surface area (Å²) in [5, 5.41) is 15.4. The molecular weight excluding hydrogens is 887 g/mol. The molecule has 20 heteroatoms. The van der Waals surface area contributed by atoms with Gasteiger partial charge in [0.05, 0.1) is 40.8 Å². The fraction of sp³-hybridized carbons (Fsp3) is 0.417. The molecule has 4 fully saturated rings. The van der Waals surface area contributed by atoms with Crippen LogP contribution in [0.5, 0.6) is 0 Å². The number of alkyl halides is 3. The lowest BCUT2D eigenvalue weighted by Crippen LogP contribution is -2.54. The molecule has 3 N–H and O–H groups in total. The number of carbonyl (C=O) groups excluding carboxylic acids is 5. The van der Waals surface area contributed by atoms with Gasteiger partial charge in [-0.15, -0.1) is 0 Å². The number of piperidine rings is 2. The van der Waals surface area contributed by atoms with E-state index >= 15 is 4.39 Å². The Morgan fingerprint density at radius 2 is 1.59 bits per heavy atom. The average molecular weight is 936 g/mol. The van der Waals surface area contributed by atoms with Crippen molar-refractivity contribution >= 4 is 35.2 Å². The molecule has 1 unspecified atom stereocenters. The van der Waals surface area contributed by atoms with Crippen LogP contribution in [0, 0.1) is 12.7 Å². The van der Waals surface area contributed by atoms with E-state index in [9.17, 15) is 37.1 Å². The van der Waals surface area contributed by atoms with Gasteiger partial charge in [0.15, 0.2) is 5.82 Å². The summed E-state index contributed by atoms with van der Waals surface area (Å²) < 4.78 is 57.4. The summed E-state index contributed by atoms with van der Waals surface area (Å²) in [4.78, 5) is 75.5. The molecule has 0 saturated carbocycles. The first-order valence-corrected chi connectivity index (χ1v) is 22.7. The lowest BCUT2D eigenvalue weighted by molar-refractivity contribution is -0.182. The second-order valence-electron chi connectivity index (χ2n) is 19.0. The van der Waals surface area contributed by atoms with Gasteiger partial charge >= 0.3 is 6.18 Å². The van der Waals surface area contributed by atoms with E-state index in [1.165, 1.54) is 17.8 Å². The highest BCUT2D eigenvalue weighted by molar-refractivity contribution is 6.23. The highest BCUT2D eigenvalue weighted by Gasteiger charge is 2.52. The number of hydrogen-bond acceptors (Lipinski definition) is 11. The Hall–Kier alpha value is -6.80. The predicted octanol–water partition coefficient (Wildman–Crippen LogP) is 5.20. The second kappa shape index (κ2) is 17.1. The van der Waals surface area contributed by atoms with Crippen molar-refractivity contribution in [3.8, 4) is 16.8 Å². The second-order valence-corrected chi connectivity index (χ2v) is 19.0. The van der Waals surface area contributed by atoms with E-state index in [2.05, 4.69) is 71.0 Å². The molecule has 2 bridgehead atoms. The molecule has 3 atom stereocenters. The first-order chi connectivity index (χ1) is 32.4. The van der Waals surface area contributed by atoms with Crippen LogP contribution in [0.2, 0.25) is 0 Å². The normalized spacial score (nSPS) is 21.5. The smallest absolute Gasteiger partial charge is 0.369 e. The number of imide groups is 2. The van der Waals surface area contributed by atoms with Gasteiger partial charge in [-0.2, -0.15) is 23.4 Å². The predicted molar refractivity (Wildman–Crippen MR) is 238 cm³/mol. The molecule has 5 aliphatic rings. The highest BCUT2D eigenvalue weighted by Crippen LogP contribution is 2.40. The molecule has 0 aliphatic carbocycles. The molecule has 7 heterocycles. The first-order valence-electron chi connectivity index (χ1n) is 22.7. The van der Waals surface area contributed by atoms with Crippen molar-refractivity contribution in [1.29, 1.82) is 0 Å². The molecule has 5 aliphatic heterocycles. The molecule has 3 aromatic carbocycles. The number of carbonyl (C=O) groups is 5. The molecule has 5 amide bonds. The van der Waals surface area contributed by atoms with Crippen LogP contribution >= 0.6 is 0 Å². The van der Waals surface area contributed by atoms with Crippen molar-refractivity contribution in [3.05, 3.63) is 112 Å². The summed E-state index contributed by atoms with van der Waals surface area (Å²) in [5.74, 6) is -3.89. The SMILES string of the molecule is Cc1cc(-c2ccc(CN3C[C@H]4C[C@@H]3CN4C3CCN(c4cc5c(cc4F)C(=O)N(C4CCC(=O)NC4=O)C5=O)CC3)cc2)ccc1-n1cc(C(=O)NCc2nc(C(C)(C)C(F)(F)F)n[nH]2)cn1. The summed E-state index contributed by atoms with van der Waals surface area (Å²) in [7, 11) is 0. The third-order valence-corrected chi connectivity index (χ3v) is 14.4. The maximum atomic E-state index is 15.6. The Labute approximate surface area is 388 Å². The number of rotatable bonds is 11. The van der Waals surface area contributed by atoms with E-state index in [-0.39, 0.29) is 47.6 Å². The molecule has 0 radical (unpaired) electrons. The van der Waals surface area contributed by atoms with Gasteiger partial charge in [0.1, 0.15) is 23.1 Å². The number of piperazine rings is 1. The third kappa shape index (κ3) is 8.11. The molecule has 4 saturated heterocycles. The first kappa shape index (κ1) is 45.0. The van der Waals surface area contributed by atoms with Gasteiger partial charge in [-0.05, 0) is 93.0 Å². The topological polar surface area (TPSA) is 182 Å². The number of halogens is 4. The average Bonchev–Trinajstić information content (AvgIpc) is 4.17. The van der Waals surface area contributed by atoms with E-state index in [1.54, 1.807) is 10.9 Å². The zero-order valence-corrected chi connectivity index (χ0v) is 37.6. The van der Waals surface area contributed by atoms with Crippen molar-refractivity contribution in [1.82, 2.24) is 50.3 Å². The molecule has 0 spiro atoms. The molecule has 16 nitrogen and oxygen atoms in total. The van der Waals surface area contributed by atoms with Crippen LogP contribution in [-0.4, -0.2) is 126 Å². The quantitative estimate of drug-likeness (QED) is 0.117. The maximum Gasteiger partial charge on any atom is 0.401 e. The maximum absolute atomic E-state index is 15.6. The number of nitrogens with one attached hydrogen (secondary N) is 3. The Morgan fingerprint density at radius 1 is 0.868 bits per heavy atom. The summed E-state index contributed by atoms with van der Waals surface area (Å²) in [6.07, 6.45) is 1.30. The zero-order chi connectivity index (χ0) is 47.8. The number of anilines is 1. The van der Waals surface area contributed by atoms with Gasteiger partial charge in [0, 0.05) is 63.5 Å². The number of benzene rings is 3. The van der Waals surface area contributed by atoms with E-state index in [4.69, 9.17) is 0 Å². The lowest BCUT2D eigenvalue weighted by Gasteiger charge is -2.43. The monoisotopic (exact) mass is 935 g/mol. The van der Waals surface area contributed by atoms with Crippen LogP contribution in [0.15, 0.2) is 67.0 Å². The number of nitrogens with zero attached hydrogens (tertiary/aromatic N) is 8. The number of H-pyrrole nitrogens is 1. The number of aromatic amines is 1. The summed E-state index contributed by atoms with van der Waals surface area (Å²) >= 11 is 0. The number of fused-ring (bicyclic) bond motifs is 3. The van der Waals surface area contributed by atoms with Crippen LogP contribution < -0.4 is 15.5 Å². The Morgan fingerprint density at radius 3 is 2.26 bits per heavy atom. The van der Waals surface area contributed by atoms with Gasteiger partial charge in [0.2, 0.25) is 11.8 Å². The van der Waals surface area contributed by atoms with Crippen LogP contribution in [0.25, 0.3) is 16.8 Å². The number of aryl methyl sites for hydroxylation is 1.